The summed E-state index contributed by atoms with van der Waals surface area (Å²) in [6, 6.07) is 10.6. The van der Waals surface area contributed by atoms with Crippen LogP contribution in [0.25, 0.3) is 0 Å². The van der Waals surface area contributed by atoms with Crippen LogP contribution in [0.5, 0.6) is 0 Å². The number of carbonyl (C=O) groups excluding carboxylic acids is 1. The fourth-order valence-electron chi connectivity index (χ4n) is 3.61. The predicted molar refractivity (Wildman–Crippen MR) is 70.2 cm³/mol. The van der Waals surface area contributed by atoms with Gasteiger partial charge in [0.25, 0.3) is 0 Å². The van der Waals surface area contributed by atoms with Gasteiger partial charge in [0.05, 0.1) is 12.5 Å². The van der Waals surface area contributed by atoms with Gasteiger partial charge in [0, 0.05) is 0 Å². The van der Waals surface area contributed by atoms with Crippen LogP contribution in [0.15, 0.2) is 30.3 Å². The van der Waals surface area contributed by atoms with Crippen molar-refractivity contribution in [3.05, 3.63) is 35.9 Å². The Balaban J connectivity index is 1.75. The van der Waals surface area contributed by atoms with Gasteiger partial charge in [-0.25, -0.2) is 0 Å². The van der Waals surface area contributed by atoms with Gasteiger partial charge in [-0.1, -0.05) is 36.8 Å². The van der Waals surface area contributed by atoms with Crippen molar-refractivity contribution in [3.63, 3.8) is 0 Å². The van der Waals surface area contributed by atoms with Crippen molar-refractivity contribution in [2.75, 3.05) is 7.11 Å². The first-order valence-corrected chi connectivity index (χ1v) is 6.89. The van der Waals surface area contributed by atoms with Crippen molar-refractivity contribution < 1.29 is 9.53 Å². The van der Waals surface area contributed by atoms with Crippen molar-refractivity contribution in [1.29, 1.82) is 0 Å². The first-order valence-electron chi connectivity index (χ1n) is 6.89. The number of hydrogen-bond acceptors (Lipinski definition) is 2. The van der Waals surface area contributed by atoms with E-state index in [2.05, 4.69) is 24.3 Å². The van der Waals surface area contributed by atoms with E-state index in [1.54, 1.807) is 0 Å². The van der Waals surface area contributed by atoms with Gasteiger partial charge in [0.1, 0.15) is 0 Å². The Morgan fingerprint density at radius 3 is 2.39 bits per heavy atom. The minimum Gasteiger partial charge on any atom is -0.469 e. The molecule has 0 atom stereocenters. The second kappa shape index (κ2) is 4.42. The number of ether oxygens (including phenoxy) is 1. The van der Waals surface area contributed by atoms with Gasteiger partial charge in [-0.3, -0.25) is 4.79 Å². The summed E-state index contributed by atoms with van der Waals surface area (Å²) in [7, 11) is 1.53. The minimum atomic E-state index is -0.159. The Labute approximate surface area is 108 Å². The fraction of sp³-hybridized carbons (Fsp3) is 0.562. The Hall–Kier alpha value is -1.31. The summed E-state index contributed by atoms with van der Waals surface area (Å²) >= 11 is 0. The van der Waals surface area contributed by atoms with Crippen molar-refractivity contribution in [2.24, 2.45) is 11.3 Å². The van der Waals surface area contributed by atoms with E-state index >= 15 is 0 Å². The van der Waals surface area contributed by atoms with E-state index in [9.17, 15) is 4.79 Å². The molecule has 2 saturated carbocycles. The van der Waals surface area contributed by atoms with Crippen LogP contribution < -0.4 is 0 Å². The molecule has 2 nitrogen and oxygen atoms in total. The van der Waals surface area contributed by atoms with Gasteiger partial charge in [-0.2, -0.15) is 0 Å². The maximum Gasteiger partial charge on any atom is 0.312 e. The lowest BCUT2D eigenvalue weighted by atomic mass is 9.50. The molecule has 0 bridgehead atoms. The van der Waals surface area contributed by atoms with Crippen molar-refractivity contribution in [2.45, 2.75) is 38.0 Å². The molecule has 0 N–H and O–H groups in total. The van der Waals surface area contributed by atoms with Crippen LogP contribution in [-0.2, 0) is 9.53 Å². The maximum atomic E-state index is 12.1. The zero-order valence-electron chi connectivity index (χ0n) is 10.9. The van der Waals surface area contributed by atoms with Crippen LogP contribution in [0.2, 0.25) is 0 Å². The van der Waals surface area contributed by atoms with Gasteiger partial charge in [0.15, 0.2) is 0 Å². The van der Waals surface area contributed by atoms with E-state index in [-0.39, 0.29) is 11.4 Å². The average molecular weight is 244 g/mol. The second-order valence-corrected chi connectivity index (χ2v) is 5.79. The van der Waals surface area contributed by atoms with Crippen LogP contribution in [0.1, 0.15) is 43.6 Å². The normalized spacial score (nSPS) is 31.3. The number of methoxy groups -OCH3 is 1. The first kappa shape index (κ1) is 11.8. The highest BCUT2D eigenvalue weighted by Crippen LogP contribution is 2.60. The van der Waals surface area contributed by atoms with Crippen LogP contribution >= 0.6 is 0 Å². The van der Waals surface area contributed by atoms with E-state index < -0.39 is 0 Å². The van der Waals surface area contributed by atoms with Crippen LogP contribution in [-0.4, -0.2) is 13.1 Å². The lowest BCUT2D eigenvalue weighted by molar-refractivity contribution is -0.169. The highest BCUT2D eigenvalue weighted by atomic mass is 16.5. The molecule has 1 aromatic carbocycles. The zero-order valence-corrected chi connectivity index (χ0v) is 10.9. The molecule has 2 fully saturated rings. The van der Waals surface area contributed by atoms with Gasteiger partial charge in [0.2, 0.25) is 0 Å². The highest BCUT2D eigenvalue weighted by Gasteiger charge is 2.57. The molecule has 96 valence electrons. The summed E-state index contributed by atoms with van der Waals surface area (Å²) in [5.41, 5.74) is 1.21. The Morgan fingerprint density at radius 1 is 1.22 bits per heavy atom. The predicted octanol–water partition coefficient (Wildman–Crippen LogP) is 3.52. The number of benzene rings is 1. The Morgan fingerprint density at radius 2 is 1.89 bits per heavy atom. The topological polar surface area (TPSA) is 26.3 Å². The third-order valence-electron chi connectivity index (χ3n) is 4.97. The van der Waals surface area contributed by atoms with Crippen molar-refractivity contribution in [3.8, 4) is 0 Å². The Bertz CT molecular complexity index is 428. The molecule has 0 aliphatic heterocycles. The first-order chi connectivity index (χ1) is 8.76. The van der Waals surface area contributed by atoms with E-state index in [0.29, 0.717) is 11.8 Å². The summed E-state index contributed by atoms with van der Waals surface area (Å²) in [6.45, 7) is 0. The molecule has 18 heavy (non-hydrogen) atoms. The minimum absolute atomic E-state index is 0.0272. The van der Waals surface area contributed by atoms with E-state index in [4.69, 9.17) is 4.74 Å². The van der Waals surface area contributed by atoms with Crippen molar-refractivity contribution in [1.82, 2.24) is 0 Å². The third-order valence-corrected chi connectivity index (χ3v) is 4.97. The second-order valence-electron chi connectivity index (χ2n) is 5.79. The van der Waals surface area contributed by atoms with Crippen molar-refractivity contribution >= 4 is 5.97 Å². The summed E-state index contributed by atoms with van der Waals surface area (Å²) in [5.74, 6) is 1.15. The molecular formula is C16H20O2. The molecule has 2 aliphatic rings. The zero-order chi connectivity index (χ0) is 12.6. The smallest absolute Gasteiger partial charge is 0.312 e. The summed E-state index contributed by atoms with van der Waals surface area (Å²) in [5, 5.41) is 0. The fourth-order valence-corrected chi connectivity index (χ4v) is 3.61. The standard InChI is InChI=1S/C16H20O2/c1-18-15(17)16(14-8-5-9-14)10-13(11-16)12-6-3-2-4-7-12/h2-4,6-7,13-14H,5,8-11H2,1H3. The van der Waals surface area contributed by atoms with Gasteiger partial charge in [-0.05, 0) is 43.1 Å². The number of hydrogen-bond donors (Lipinski definition) is 0. The summed E-state index contributed by atoms with van der Waals surface area (Å²) in [6.07, 6.45) is 5.65. The Kier molecular flexibility index (Phi) is 2.89. The van der Waals surface area contributed by atoms with Gasteiger partial charge >= 0.3 is 5.97 Å². The molecule has 0 heterocycles. The monoisotopic (exact) mass is 244 g/mol. The molecule has 1 aromatic rings. The molecule has 0 amide bonds. The molecule has 2 aliphatic carbocycles. The van der Waals surface area contributed by atoms with E-state index in [1.165, 1.54) is 31.9 Å². The molecule has 0 radical (unpaired) electrons. The third kappa shape index (κ3) is 1.66. The summed E-state index contributed by atoms with van der Waals surface area (Å²) < 4.78 is 5.06. The highest BCUT2D eigenvalue weighted by molar-refractivity contribution is 5.79. The SMILES string of the molecule is COC(=O)C1(C2CCC2)CC(c2ccccc2)C1. The largest absolute Gasteiger partial charge is 0.469 e. The lowest BCUT2D eigenvalue weighted by Gasteiger charge is -2.53. The molecule has 0 saturated heterocycles. The average Bonchev–Trinajstić information content (AvgIpc) is 2.30. The molecule has 3 rings (SSSR count). The van der Waals surface area contributed by atoms with E-state index in [1.807, 2.05) is 6.07 Å². The number of esters is 1. The maximum absolute atomic E-state index is 12.1. The molecule has 0 spiro atoms. The van der Waals surface area contributed by atoms with E-state index in [0.717, 1.165) is 12.8 Å². The molecular weight excluding hydrogens is 224 g/mol. The summed E-state index contributed by atoms with van der Waals surface area (Å²) in [4.78, 5) is 12.1. The quantitative estimate of drug-likeness (QED) is 0.760. The number of rotatable bonds is 3. The molecule has 0 unspecified atom stereocenters. The molecule has 2 heteroatoms. The van der Waals surface area contributed by atoms with Crippen LogP contribution in [0, 0.1) is 11.3 Å². The van der Waals surface area contributed by atoms with Gasteiger partial charge < -0.3 is 4.74 Å². The number of carbonyl (C=O) groups is 1. The van der Waals surface area contributed by atoms with Crippen LogP contribution in [0.3, 0.4) is 0 Å². The lowest BCUT2D eigenvalue weighted by Crippen LogP contribution is -2.51. The van der Waals surface area contributed by atoms with Crippen LogP contribution in [0.4, 0.5) is 0 Å². The van der Waals surface area contributed by atoms with Gasteiger partial charge in [-0.15, -0.1) is 0 Å². The molecule has 0 aromatic heterocycles.